The van der Waals surface area contributed by atoms with Crippen LogP contribution in [0.1, 0.15) is 31.2 Å². The molecule has 0 saturated carbocycles. The maximum absolute atomic E-state index is 12.2. The van der Waals surface area contributed by atoms with Crippen LogP contribution in [0.3, 0.4) is 0 Å². The summed E-state index contributed by atoms with van der Waals surface area (Å²) in [7, 11) is 1.79. The number of anilines is 1. The van der Waals surface area contributed by atoms with Crippen molar-refractivity contribution >= 4 is 17.6 Å². The van der Waals surface area contributed by atoms with Gasteiger partial charge in [0.1, 0.15) is 0 Å². The molecule has 0 bridgehead atoms. The van der Waals surface area contributed by atoms with Gasteiger partial charge in [-0.1, -0.05) is 12.1 Å². The summed E-state index contributed by atoms with van der Waals surface area (Å²) in [5.41, 5.74) is 1.91. The summed E-state index contributed by atoms with van der Waals surface area (Å²) in [4.78, 5) is 27.5. The van der Waals surface area contributed by atoms with E-state index in [2.05, 4.69) is 5.32 Å². The number of amides is 3. The molecule has 1 aromatic carbocycles. The first kappa shape index (κ1) is 16.8. The average molecular weight is 331 g/mol. The molecule has 2 fully saturated rings. The van der Waals surface area contributed by atoms with Gasteiger partial charge in [-0.05, 0) is 37.0 Å². The number of nitrogens with zero attached hydrogens (tertiary/aromatic N) is 2. The maximum Gasteiger partial charge on any atom is 0.317 e. The maximum atomic E-state index is 12.2. The predicted octanol–water partition coefficient (Wildman–Crippen LogP) is 2.13. The van der Waals surface area contributed by atoms with E-state index in [1.165, 1.54) is 0 Å². The van der Waals surface area contributed by atoms with E-state index in [4.69, 9.17) is 4.74 Å². The van der Waals surface area contributed by atoms with Crippen LogP contribution in [0.25, 0.3) is 0 Å². The second-order valence-corrected chi connectivity index (χ2v) is 6.49. The normalized spacial score (nSPS) is 20.5. The van der Waals surface area contributed by atoms with Crippen LogP contribution in [-0.4, -0.2) is 49.7 Å². The van der Waals surface area contributed by atoms with Crippen molar-refractivity contribution in [1.29, 1.82) is 0 Å². The zero-order valence-corrected chi connectivity index (χ0v) is 14.2. The van der Waals surface area contributed by atoms with E-state index in [0.29, 0.717) is 19.5 Å². The Morgan fingerprint density at radius 2 is 2.29 bits per heavy atom. The number of ether oxygens (including phenoxy) is 1. The van der Waals surface area contributed by atoms with E-state index in [-0.39, 0.29) is 18.0 Å². The van der Waals surface area contributed by atoms with Gasteiger partial charge in [-0.3, -0.25) is 4.79 Å². The van der Waals surface area contributed by atoms with Gasteiger partial charge < -0.3 is 19.9 Å². The van der Waals surface area contributed by atoms with Crippen molar-refractivity contribution in [2.24, 2.45) is 0 Å². The lowest BCUT2D eigenvalue weighted by molar-refractivity contribution is -0.117. The van der Waals surface area contributed by atoms with Crippen LogP contribution in [-0.2, 0) is 16.1 Å². The van der Waals surface area contributed by atoms with Crippen molar-refractivity contribution < 1.29 is 14.3 Å². The largest absolute Gasteiger partial charge is 0.376 e. The van der Waals surface area contributed by atoms with Crippen molar-refractivity contribution in [2.45, 2.75) is 38.3 Å². The smallest absolute Gasteiger partial charge is 0.317 e. The summed E-state index contributed by atoms with van der Waals surface area (Å²) in [6.45, 7) is 2.64. The Morgan fingerprint density at radius 1 is 1.42 bits per heavy atom. The third-order valence-corrected chi connectivity index (χ3v) is 4.59. The van der Waals surface area contributed by atoms with E-state index in [1.807, 2.05) is 29.2 Å². The fourth-order valence-corrected chi connectivity index (χ4v) is 3.24. The summed E-state index contributed by atoms with van der Waals surface area (Å²) in [5, 5.41) is 2.93. The topological polar surface area (TPSA) is 61.9 Å². The number of nitrogens with one attached hydrogen (secondary N) is 1. The molecule has 6 heteroatoms. The Bertz CT molecular complexity index is 599. The molecule has 0 radical (unpaired) electrons. The van der Waals surface area contributed by atoms with Gasteiger partial charge in [-0.15, -0.1) is 0 Å². The Hall–Kier alpha value is -2.08. The molecule has 1 aromatic rings. The molecule has 2 heterocycles. The third-order valence-electron chi connectivity index (χ3n) is 4.59. The van der Waals surface area contributed by atoms with Gasteiger partial charge in [0, 0.05) is 45.4 Å². The molecule has 3 amide bonds. The molecule has 3 rings (SSSR count). The van der Waals surface area contributed by atoms with Crippen molar-refractivity contribution in [1.82, 2.24) is 10.2 Å². The first-order valence-corrected chi connectivity index (χ1v) is 8.63. The van der Waals surface area contributed by atoms with E-state index in [1.54, 1.807) is 11.9 Å². The molecule has 130 valence electrons. The van der Waals surface area contributed by atoms with Gasteiger partial charge in [0.15, 0.2) is 0 Å². The highest BCUT2D eigenvalue weighted by Gasteiger charge is 2.22. The molecule has 0 aliphatic carbocycles. The van der Waals surface area contributed by atoms with Gasteiger partial charge in [0.25, 0.3) is 0 Å². The molecular formula is C18H25N3O3. The third kappa shape index (κ3) is 4.06. The van der Waals surface area contributed by atoms with Gasteiger partial charge in [0.2, 0.25) is 5.91 Å². The second-order valence-electron chi connectivity index (χ2n) is 6.49. The lowest BCUT2D eigenvalue weighted by Crippen LogP contribution is -2.40. The Kier molecular flexibility index (Phi) is 5.35. The highest BCUT2D eigenvalue weighted by molar-refractivity contribution is 5.95. The standard InChI is InChI=1S/C18H25N3O3/c1-20(13-16-7-4-10-24-16)18(23)19-12-14-5-2-6-15(11-14)21-9-3-8-17(21)22/h2,5-6,11,16H,3-4,7-10,12-13H2,1H3,(H,19,23)/t16-/m0/s1. The monoisotopic (exact) mass is 331 g/mol. The average Bonchev–Trinajstić information content (AvgIpc) is 3.24. The first-order chi connectivity index (χ1) is 11.6. The number of hydrogen-bond acceptors (Lipinski definition) is 3. The molecule has 2 aliphatic rings. The van der Waals surface area contributed by atoms with Crippen molar-refractivity contribution in [3.05, 3.63) is 29.8 Å². The fourth-order valence-electron chi connectivity index (χ4n) is 3.24. The summed E-state index contributed by atoms with van der Waals surface area (Å²) < 4.78 is 5.56. The predicted molar refractivity (Wildman–Crippen MR) is 91.9 cm³/mol. The van der Waals surface area contributed by atoms with Crippen molar-refractivity contribution in [2.75, 3.05) is 31.6 Å². The van der Waals surface area contributed by atoms with Crippen LogP contribution in [0, 0.1) is 0 Å². The van der Waals surface area contributed by atoms with Crippen LogP contribution < -0.4 is 10.2 Å². The number of carbonyl (C=O) groups excluding carboxylic acids is 2. The lowest BCUT2D eigenvalue weighted by Gasteiger charge is -2.21. The van der Waals surface area contributed by atoms with Crippen molar-refractivity contribution in [3.63, 3.8) is 0 Å². The molecule has 0 aromatic heterocycles. The molecule has 0 spiro atoms. The quantitative estimate of drug-likeness (QED) is 0.899. The molecular weight excluding hydrogens is 306 g/mol. The molecule has 2 aliphatic heterocycles. The van der Waals surface area contributed by atoms with Gasteiger partial charge >= 0.3 is 6.03 Å². The zero-order chi connectivity index (χ0) is 16.9. The molecule has 2 saturated heterocycles. The Labute approximate surface area is 142 Å². The van der Waals surface area contributed by atoms with Crippen LogP contribution in [0.15, 0.2) is 24.3 Å². The Balaban J connectivity index is 1.52. The van der Waals surface area contributed by atoms with Crippen LogP contribution in [0.5, 0.6) is 0 Å². The minimum absolute atomic E-state index is 0.104. The highest BCUT2D eigenvalue weighted by atomic mass is 16.5. The van der Waals surface area contributed by atoms with Crippen LogP contribution in [0.4, 0.5) is 10.5 Å². The van der Waals surface area contributed by atoms with Crippen LogP contribution in [0.2, 0.25) is 0 Å². The fraction of sp³-hybridized carbons (Fsp3) is 0.556. The van der Waals surface area contributed by atoms with Gasteiger partial charge in [0.05, 0.1) is 6.10 Å². The zero-order valence-electron chi connectivity index (χ0n) is 14.2. The molecule has 0 unspecified atom stereocenters. The molecule has 6 nitrogen and oxygen atoms in total. The minimum Gasteiger partial charge on any atom is -0.376 e. The minimum atomic E-state index is -0.104. The first-order valence-electron chi connectivity index (χ1n) is 8.63. The second kappa shape index (κ2) is 7.66. The lowest BCUT2D eigenvalue weighted by atomic mass is 10.2. The summed E-state index contributed by atoms with van der Waals surface area (Å²) in [6, 6.07) is 7.71. The SMILES string of the molecule is CN(C[C@@H]1CCCO1)C(=O)NCc1cccc(N2CCCC2=O)c1. The number of hydrogen-bond donors (Lipinski definition) is 1. The highest BCUT2D eigenvalue weighted by Crippen LogP contribution is 2.22. The van der Waals surface area contributed by atoms with E-state index in [0.717, 1.165) is 43.7 Å². The van der Waals surface area contributed by atoms with Gasteiger partial charge in [-0.2, -0.15) is 0 Å². The summed E-state index contributed by atoms with van der Waals surface area (Å²) in [5.74, 6) is 0.174. The number of rotatable bonds is 5. The van der Waals surface area contributed by atoms with Crippen LogP contribution >= 0.6 is 0 Å². The van der Waals surface area contributed by atoms with E-state index < -0.39 is 0 Å². The van der Waals surface area contributed by atoms with Crippen molar-refractivity contribution in [3.8, 4) is 0 Å². The number of likely N-dealkylation sites (N-methyl/N-ethyl adjacent to an activating group) is 1. The summed E-state index contributed by atoms with van der Waals surface area (Å²) in [6.07, 6.45) is 3.78. The van der Waals surface area contributed by atoms with E-state index >= 15 is 0 Å². The number of benzene rings is 1. The summed E-state index contributed by atoms with van der Waals surface area (Å²) >= 11 is 0. The number of urea groups is 1. The molecule has 1 atom stereocenters. The Morgan fingerprint density at radius 3 is 3.00 bits per heavy atom. The molecule has 24 heavy (non-hydrogen) atoms. The van der Waals surface area contributed by atoms with Gasteiger partial charge in [-0.25, -0.2) is 4.79 Å². The molecule has 1 N–H and O–H groups in total. The number of carbonyl (C=O) groups is 2. The van der Waals surface area contributed by atoms with E-state index in [9.17, 15) is 9.59 Å².